The summed E-state index contributed by atoms with van der Waals surface area (Å²) in [5.41, 5.74) is 2.38. The van der Waals surface area contributed by atoms with Crippen molar-refractivity contribution in [2.24, 2.45) is 0 Å². The van der Waals surface area contributed by atoms with Crippen LogP contribution in [0, 0.1) is 6.92 Å². The number of carbonyl (C=O) groups is 2. The Morgan fingerprint density at radius 3 is 2.55 bits per heavy atom. The Morgan fingerprint density at radius 2 is 1.93 bits per heavy atom. The van der Waals surface area contributed by atoms with Gasteiger partial charge in [-0.15, -0.1) is 0 Å². The lowest BCUT2D eigenvalue weighted by Crippen LogP contribution is -2.30. The average Bonchev–Trinajstić information content (AvgIpc) is 2.96. The number of Topliss-reactive ketones (excluding diaryl/α,β-unsaturated/α-hetero) is 1. The molecule has 6 heteroatoms. The molecule has 0 bridgehead atoms. The van der Waals surface area contributed by atoms with Gasteiger partial charge in [-0.1, -0.05) is 37.6 Å². The molecule has 2 aromatic carbocycles. The zero-order chi connectivity index (χ0) is 21.1. The standard InChI is InChI=1S/C23H24BrNO4/c1-4-5-12-25-20(16-9-7-6-8-14(16)2)19(22(27)23(25)28)21(26)15-10-11-18(29-3)17(24)13-15/h6-11,13,20,26H,4-5,12H2,1-3H3/b21-19+. The molecular formula is C23H24BrNO4. The fourth-order valence-corrected chi connectivity index (χ4v) is 4.17. The zero-order valence-corrected chi connectivity index (χ0v) is 18.3. The maximum absolute atomic E-state index is 13.0. The van der Waals surface area contributed by atoms with Crippen LogP contribution >= 0.6 is 15.9 Å². The maximum atomic E-state index is 13.0. The van der Waals surface area contributed by atoms with Gasteiger partial charge in [0.25, 0.3) is 11.7 Å². The number of unbranched alkanes of at least 4 members (excludes halogenated alkanes) is 1. The number of carbonyl (C=O) groups excluding carboxylic acids is 2. The van der Waals surface area contributed by atoms with Gasteiger partial charge in [0, 0.05) is 12.1 Å². The first-order chi connectivity index (χ1) is 13.9. The summed E-state index contributed by atoms with van der Waals surface area (Å²) in [6.07, 6.45) is 1.68. The van der Waals surface area contributed by atoms with Crippen LogP contribution in [-0.2, 0) is 9.59 Å². The number of benzene rings is 2. The highest BCUT2D eigenvalue weighted by atomic mass is 79.9. The largest absolute Gasteiger partial charge is 0.507 e. The van der Waals surface area contributed by atoms with Crippen LogP contribution in [0.5, 0.6) is 5.75 Å². The Balaban J connectivity index is 2.19. The Kier molecular flexibility index (Phi) is 6.42. The molecule has 5 nitrogen and oxygen atoms in total. The Bertz CT molecular complexity index is 983. The molecule has 2 aromatic rings. The molecule has 152 valence electrons. The van der Waals surface area contributed by atoms with E-state index in [0.29, 0.717) is 22.3 Å². The molecule has 1 fully saturated rings. The van der Waals surface area contributed by atoms with Crippen LogP contribution < -0.4 is 4.74 Å². The molecule has 29 heavy (non-hydrogen) atoms. The highest BCUT2D eigenvalue weighted by Crippen LogP contribution is 2.41. The van der Waals surface area contributed by atoms with Crippen molar-refractivity contribution in [3.63, 3.8) is 0 Å². The van der Waals surface area contributed by atoms with Crippen molar-refractivity contribution in [2.45, 2.75) is 32.7 Å². The molecule has 1 heterocycles. The molecule has 1 amide bonds. The first-order valence-corrected chi connectivity index (χ1v) is 10.4. The Morgan fingerprint density at radius 1 is 1.21 bits per heavy atom. The second-order valence-electron chi connectivity index (χ2n) is 7.05. The highest BCUT2D eigenvalue weighted by Gasteiger charge is 2.46. The van der Waals surface area contributed by atoms with E-state index in [1.165, 1.54) is 0 Å². The third kappa shape index (κ3) is 3.94. The van der Waals surface area contributed by atoms with Crippen LogP contribution in [0.3, 0.4) is 0 Å². The summed E-state index contributed by atoms with van der Waals surface area (Å²) in [5.74, 6) is -0.793. The summed E-state index contributed by atoms with van der Waals surface area (Å²) in [7, 11) is 1.55. The number of ketones is 1. The molecule has 0 aliphatic carbocycles. The van der Waals surface area contributed by atoms with Gasteiger partial charge in [0.05, 0.1) is 23.2 Å². The minimum absolute atomic E-state index is 0.123. The maximum Gasteiger partial charge on any atom is 0.295 e. The Hall–Kier alpha value is -2.60. The molecule has 0 radical (unpaired) electrons. The molecule has 1 atom stereocenters. The number of halogens is 1. The topological polar surface area (TPSA) is 66.8 Å². The number of nitrogens with zero attached hydrogens (tertiary/aromatic N) is 1. The molecule has 1 aliphatic rings. The van der Waals surface area contributed by atoms with Gasteiger partial charge in [-0.25, -0.2) is 0 Å². The highest BCUT2D eigenvalue weighted by molar-refractivity contribution is 9.10. The number of likely N-dealkylation sites (tertiary alicyclic amines) is 1. The van der Waals surface area contributed by atoms with Gasteiger partial charge in [-0.3, -0.25) is 9.59 Å². The normalized spacial score (nSPS) is 18.3. The molecule has 1 aliphatic heterocycles. The van der Waals surface area contributed by atoms with Gasteiger partial charge in [0.1, 0.15) is 11.5 Å². The molecular weight excluding hydrogens is 434 g/mol. The number of hydrogen-bond acceptors (Lipinski definition) is 4. The summed E-state index contributed by atoms with van der Waals surface area (Å²) in [5, 5.41) is 11.1. The fourth-order valence-electron chi connectivity index (χ4n) is 3.63. The molecule has 0 saturated carbocycles. The predicted octanol–water partition coefficient (Wildman–Crippen LogP) is 4.99. The second-order valence-corrected chi connectivity index (χ2v) is 7.91. The summed E-state index contributed by atoms with van der Waals surface area (Å²) in [4.78, 5) is 27.4. The van der Waals surface area contributed by atoms with Gasteiger partial charge in [0.15, 0.2) is 0 Å². The number of methoxy groups -OCH3 is 1. The van der Waals surface area contributed by atoms with Gasteiger partial charge >= 0.3 is 0 Å². The van der Waals surface area contributed by atoms with Crippen molar-refractivity contribution in [1.29, 1.82) is 0 Å². The predicted molar refractivity (Wildman–Crippen MR) is 116 cm³/mol. The molecule has 1 saturated heterocycles. The monoisotopic (exact) mass is 457 g/mol. The van der Waals surface area contributed by atoms with Crippen LogP contribution in [0.25, 0.3) is 5.76 Å². The number of amides is 1. The van der Waals surface area contributed by atoms with Crippen LogP contribution in [-0.4, -0.2) is 35.4 Å². The van der Waals surface area contributed by atoms with Crippen molar-refractivity contribution in [1.82, 2.24) is 4.90 Å². The van der Waals surface area contributed by atoms with E-state index in [1.54, 1.807) is 30.2 Å². The van der Waals surface area contributed by atoms with Gasteiger partial charge in [-0.2, -0.15) is 0 Å². The van der Waals surface area contributed by atoms with Crippen molar-refractivity contribution in [2.75, 3.05) is 13.7 Å². The minimum atomic E-state index is -0.654. The first kappa shape index (κ1) is 21.1. The average molecular weight is 458 g/mol. The second kappa shape index (κ2) is 8.82. The molecule has 1 unspecified atom stereocenters. The number of ether oxygens (including phenoxy) is 1. The SMILES string of the molecule is CCCCN1C(=O)C(=O)/C(=C(/O)c2ccc(OC)c(Br)c2)C1c1ccccc1C. The fraction of sp³-hybridized carbons (Fsp3) is 0.304. The van der Waals surface area contributed by atoms with E-state index < -0.39 is 17.7 Å². The number of aliphatic hydroxyl groups excluding tert-OH is 1. The summed E-state index contributed by atoms with van der Waals surface area (Å²) >= 11 is 3.41. The third-order valence-electron chi connectivity index (χ3n) is 5.20. The Labute approximate surface area is 179 Å². The zero-order valence-electron chi connectivity index (χ0n) is 16.7. The van der Waals surface area contributed by atoms with E-state index in [2.05, 4.69) is 15.9 Å². The van der Waals surface area contributed by atoms with Crippen LogP contribution in [0.1, 0.15) is 42.5 Å². The van der Waals surface area contributed by atoms with Gasteiger partial charge in [0.2, 0.25) is 0 Å². The van der Waals surface area contributed by atoms with Crippen molar-refractivity contribution in [3.05, 3.63) is 69.2 Å². The van der Waals surface area contributed by atoms with Gasteiger partial charge in [-0.05, 0) is 58.6 Å². The van der Waals surface area contributed by atoms with E-state index in [-0.39, 0.29) is 11.3 Å². The molecule has 0 spiro atoms. The number of aryl methyl sites for hydroxylation is 1. The molecule has 3 rings (SSSR count). The van der Waals surface area contributed by atoms with Crippen LogP contribution in [0.4, 0.5) is 0 Å². The van der Waals surface area contributed by atoms with E-state index in [0.717, 1.165) is 24.0 Å². The minimum Gasteiger partial charge on any atom is -0.507 e. The lowest BCUT2D eigenvalue weighted by molar-refractivity contribution is -0.139. The molecule has 0 aromatic heterocycles. The van der Waals surface area contributed by atoms with Crippen LogP contribution in [0.15, 0.2) is 52.5 Å². The third-order valence-corrected chi connectivity index (χ3v) is 5.82. The number of aliphatic hydroxyl groups is 1. The van der Waals surface area contributed by atoms with Crippen molar-refractivity contribution < 1.29 is 19.4 Å². The van der Waals surface area contributed by atoms with E-state index in [1.807, 2.05) is 38.1 Å². The van der Waals surface area contributed by atoms with Gasteiger partial charge < -0.3 is 14.7 Å². The molecule has 1 N–H and O–H groups in total. The van der Waals surface area contributed by atoms with Crippen LogP contribution in [0.2, 0.25) is 0 Å². The number of rotatable bonds is 6. The lowest BCUT2D eigenvalue weighted by Gasteiger charge is -2.26. The lowest BCUT2D eigenvalue weighted by atomic mass is 9.92. The van der Waals surface area contributed by atoms with E-state index in [9.17, 15) is 14.7 Å². The summed E-state index contributed by atoms with van der Waals surface area (Å²) in [6.45, 7) is 4.44. The van der Waals surface area contributed by atoms with E-state index in [4.69, 9.17) is 4.74 Å². The quantitative estimate of drug-likeness (QED) is 0.377. The number of hydrogen-bond donors (Lipinski definition) is 1. The van der Waals surface area contributed by atoms with Crippen molar-refractivity contribution in [3.8, 4) is 5.75 Å². The smallest absolute Gasteiger partial charge is 0.295 e. The van der Waals surface area contributed by atoms with E-state index >= 15 is 0 Å². The summed E-state index contributed by atoms with van der Waals surface area (Å²) < 4.78 is 5.89. The first-order valence-electron chi connectivity index (χ1n) is 9.58. The summed E-state index contributed by atoms with van der Waals surface area (Å²) in [6, 6.07) is 12.1. The van der Waals surface area contributed by atoms with Crippen molar-refractivity contribution >= 4 is 33.4 Å².